The Kier molecular flexibility index (Phi) is 4.61. The third kappa shape index (κ3) is 3.66. The van der Waals surface area contributed by atoms with E-state index < -0.39 is 0 Å². The van der Waals surface area contributed by atoms with Crippen LogP contribution in [0.15, 0.2) is 53.3 Å². The highest BCUT2D eigenvalue weighted by atomic mass is 16.5. The van der Waals surface area contributed by atoms with Gasteiger partial charge in [-0.1, -0.05) is 23.4 Å². The molecule has 5 rings (SSSR count). The summed E-state index contributed by atoms with van der Waals surface area (Å²) in [4.78, 5) is 13.9. The van der Waals surface area contributed by atoms with Crippen LogP contribution in [-0.4, -0.2) is 62.7 Å². The number of imidazole rings is 1. The number of rotatable bonds is 4. The summed E-state index contributed by atoms with van der Waals surface area (Å²) < 4.78 is 7.55. The summed E-state index contributed by atoms with van der Waals surface area (Å²) >= 11 is 0. The lowest BCUT2D eigenvalue weighted by molar-refractivity contribution is 0.148. The number of aromatic nitrogens is 4. The molecule has 0 unspecified atom stereocenters. The van der Waals surface area contributed by atoms with E-state index in [2.05, 4.69) is 50.2 Å². The van der Waals surface area contributed by atoms with Crippen molar-refractivity contribution in [2.24, 2.45) is 7.05 Å². The summed E-state index contributed by atoms with van der Waals surface area (Å²) in [6, 6.07) is 14.4. The topological polar surface area (TPSA) is 63.2 Å². The minimum Gasteiger partial charge on any atom is -0.334 e. The van der Waals surface area contributed by atoms with E-state index in [1.165, 1.54) is 5.56 Å². The molecule has 7 heteroatoms. The predicted octanol–water partition coefficient (Wildman–Crippen LogP) is 3.04. The van der Waals surface area contributed by atoms with Crippen molar-refractivity contribution >= 4 is 11.0 Å². The first kappa shape index (κ1) is 18.0. The molecular formula is C22H24N6O. The van der Waals surface area contributed by atoms with Gasteiger partial charge in [-0.3, -0.25) is 4.90 Å². The van der Waals surface area contributed by atoms with Gasteiger partial charge in [0.05, 0.1) is 17.4 Å². The Morgan fingerprint density at radius 3 is 2.69 bits per heavy atom. The predicted molar refractivity (Wildman–Crippen MR) is 112 cm³/mol. The van der Waals surface area contributed by atoms with Crippen LogP contribution in [0.2, 0.25) is 0 Å². The maximum absolute atomic E-state index is 5.57. The highest BCUT2D eigenvalue weighted by Crippen LogP contribution is 2.25. The van der Waals surface area contributed by atoms with E-state index in [-0.39, 0.29) is 0 Å². The first-order valence-corrected chi connectivity index (χ1v) is 9.91. The first-order chi connectivity index (χ1) is 14.2. The zero-order valence-corrected chi connectivity index (χ0v) is 16.7. The fourth-order valence-electron chi connectivity index (χ4n) is 3.79. The maximum Gasteiger partial charge on any atom is 0.258 e. The van der Waals surface area contributed by atoms with E-state index in [1.807, 2.05) is 35.9 Å². The molecule has 4 aromatic rings. The Balaban J connectivity index is 1.37. The van der Waals surface area contributed by atoms with Crippen molar-refractivity contribution in [1.82, 2.24) is 29.5 Å². The van der Waals surface area contributed by atoms with Crippen LogP contribution in [0.1, 0.15) is 5.56 Å². The molecule has 29 heavy (non-hydrogen) atoms. The molecule has 0 spiro atoms. The molecule has 0 radical (unpaired) electrons. The van der Waals surface area contributed by atoms with Crippen molar-refractivity contribution in [2.45, 2.75) is 6.54 Å². The zero-order valence-electron chi connectivity index (χ0n) is 16.7. The molecule has 0 saturated carbocycles. The van der Waals surface area contributed by atoms with Gasteiger partial charge in [0, 0.05) is 50.9 Å². The molecule has 1 fully saturated rings. The minimum absolute atomic E-state index is 0.521. The Labute approximate surface area is 169 Å². The standard InChI is InChI=1S/C22H24N6O/c1-26-8-10-28(11-9-26)14-16-4-3-5-17(12-16)21-24-22(29-25-21)18-6-7-19-20(13-18)27(2)15-23-19/h3-7,12-13,15H,8-11,14H2,1-2H3. The number of hydrogen-bond acceptors (Lipinski definition) is 6. The number of piperazine rings is 1. The second-order valence-corrected chi connectivity index (χ2v) is 7.76. The molecule has 0 N–H and O–H groups in total. The molecule has 2 aromatic carbocycles. The van der Waals surface area contributed by atoms with Gasteiger partial charge in [-0.05, 0) is 36.9 Å². The van der Waals surface area contributed by atoms with Gasteiger partial charge in [0.2, 0.25) is 5.82 Å². The van der Waals surface area contributed by atoms with E-state index >= 15 is 0 Å². The third-order valence-corrected chi connectivity index (χ3v) is 5.59. The van der Waals surface area contributed by atoms with E-state index in [0.717, 1.165) is 54.9 Å². The molecule has 1 aliphatic rings. The lowest BCUT2D eigenvalue weighted by Crippen LogP contribution is -2.43. The molecule has 0 aliphatic carbocycles. The number of aryl methyl sites for hydroxylation is 1. The largest absolute Gasteiger partial charge is 0.334 e. The average Bonchev–Trinajstić information content (AvgIpc) is 3.37. The van der Waals surface area contributed by atoms with Gasteiger partial charge in [-0.2, -0.15) is 4.98 Å². The van der Waals surface area contributed by atoms with Crippen LogP contribution in [0.4, 0.5) is 0 Å². The van der Waals surface area contributed by atoms with Gasteiger partial charge in [-0.25, -0.2) is 4.98 Å². The normalized spacial score (nSPS) is 15.9. The second kappa shape index (κ2) is 7.42. The average molecular weight is 388 g/mol. The Morgan fingerprint density at radius 1 is 0.966 bits per heavy atom. The number of likely N-dealkylation sites (N-methyl/N-ethyl adjacent to an activating group) is 1. The Morgan fingerprint density at radius 2 is 1.83 bits per heavy atom. The van der Waals surface area contributed by atoms with Crippen molar-refractivity contribution in [3.8, 4) is 22.8 Å². The summed E-state index contributed by atoms with van der Waals surface area (Å²) in [5, 5.41) is 4.22. The van der Waals surface area contributed by atoms with Crippen molar-refractivity contribution < 1.29 is 4.52 Å². The fraction of sp³-hybridized carbons (Fsp3) is 0.318. The molecule has 0 atom stereocenters. The van der Waals surface area contributed by atoms with Crippen LogP contribution in [-0.2, 0) is 13.6 Å². The molecular weight excluding hydrogens is 364 g/mol. The Hall–Kier alpha value is -3.03. The van der Waals surface area contributed by atoms with Gasteiger partial charge in [0.1, 0.15) is 0 Å². The number of benzene rings is 2. The quantitative estimate of drug-likeness (QED) is 0.535. The Bertz CT molecular complexity index is 1140. The lowest BCUT2D eigenvalue weighted by Gasteiger charge is -2.32. The number of nitrogens with zero attached hydrogens (tertiary/aromatic N) is 6. The SMILES string of the molecule is CN1CCN(Cc2cccc(-c3noc(-c4ccc5ncn(C)c5c4)n3)c2)CC1. The number of hydrogen-bond donors (Lipinski definition) is 0. The fourth-order valence-corrected chi connectivity index (χ4v) is 3.79. The molecule has 148 valence electrons. The summed E-state index contributed by atoms with van der Waals surface area (Å²) in [5.74, 6) is 1.14. The van der Waals surface area contributed by atoms with Crippen molar-refractivity contribution in [3.05, 3.63) is 54.4 Å². The summed E-state index contributed by atoms with van der Waals surface area (Å²) in [5.41, 5.74) is 5.14. The van der Waals surface area contributed by atoms with Crippen LogP contribution < -0.4 is 0 Å². The maximum atomic E-state index is 5.57. The molecule has 1 aliphatic heterocycles. The molecule has 0 bridgehead atoms. The van der Waals surface area contributed by atoms with Gasteiger partial charge in [0.15, 0.2) is 0 Å². The third-order valence-electron chi connectivity index (χ3n) is 5.59. The van der Waals surface area contributed by atoms with Crippen molar-refractivity contribution in [2.75, 3.05) is 33.2 Å². The van der Waals surface area contributed by atoms with Crippen LogP contribution in [0.5, 0.6) is 0 Å². The van der Waals surface area contributed by atoms with Gasteiger partial charge >= 0.3 is 0 Å². The molecule has 0 amide bonds. The molecule has 3 heterocycles. The smallest absolute Gasteiger partial charge is 0.258 e. The van der Waals surface area contributed by atoms with Crippen LogP contribution in [0.3, 0.4) is 0 Å². The second-order valence-electron chi connectivity index (χ2n) is 7.76. The first-order valence-electron chi connectivity index (χ1n) is 9.91. The van der Waals surface area contributed by atoms with Crippen molar-refractivity contribution in [3.63, 3.8) is 0 Å². The van der Waals surface area contributed by atoms with Gasteiger partial charge in [0.25, 0.3) is 5.89 Å². The summed E-state index contributed by atoms with van der Waals surface area (Å²) in [6.07, 6.45) is 1.81. The summed E-state index contributed by atoms with van der Waals surface area (Å²) in [7, 11) is 4.15. The lowest BCUT2D eigenvalue weighted by atomic mass is 10.1. The van der Waals surface area contributed by atoms with E-state index in [0.29, 0.717) is 11.7 Å². The van der Waals surface area contributed by atoms with Crippen LogP contribution >= 0.6 is 0 Å². The number of fused-ring (bicyclic) bond motifs is 1. The van der Waals surface area contributed by atoms with Crippen molar-refractivity contribution in [1.29, 1.82) is 0 Å². The van der Waals surface area contributed by atoms with E-state index in [9.17, 15) is 0 Å². The van der Waals surface area contributed by atoms with E-state index in [4.69, 9.17) is 4.52 Å². The molecule has 2 aromatic heterocycles. The zero-order chi connectivity index (χ0) is 19.8. The minimum atomic E-state index is 0.521. The van der Waals surface area contributed by atoms with Crippen LogP contribution in [0.25, 0.3) is 33.9 Å². The highest BCUT2D eigenvalue weighted by Gasteiger charge is 2.16. The molecule has 1 saturated heterocycles. The monoisotopic (exact) mass is 388 g/mol. The molecule has 7 nitrogen and oxygen atoms in total. The van der Waals surface area contributed by atoms with E-state index in [1.54, 1.807) is 6.33 Å². The summed E-state index contributed by atoms with van der Waals surface area (Å²) in [6.45, 7) is 5.39. The van der Waals surface area contributed by atoms with Crippen LogP contribution in [0, 0.1) is 0 Å². The van der Waals surface area contributed by atoms with Gasteiger partial charge in [-0.15, -0.1) is 0 Å². The van der Waals surface area contributed by atoms with Gasteiger partial charge < -0.3 is 14.0 Å². The highest BCUT2D eigenvalue weighted by molar-refractivity contribution is 5.80.